The van der Waals surface area contributed by atoms with Gasteiger partial charge in [0.05, 0.1) is 17.8 Å². The molecule has 4 rings (SSSR count). The minimum Gasteiger partial charge on any atom is -0.302 e. The SMILES string of the molecule is C[C@@](NCNC1CCCCC1)(c1cn(C2(C#N)CC2)nn1)C1CCCCC1. The summed E-state index contributed by atoms with van der Waals surface area (Å²) in [5.41, 5.74) is 0.381. The van der Waals surface area contributed by atoms with Gasteiger partial charge in [-0.05, 0) is 51.4 Å². The van der Waals surface area contributed by atoms with Crippen LogP contribution >= 0.6 is 0 Å². The van der Waals surface area contributed by atoms with E-state index >= 15 is 0 Å². The first-order chi connectivity index (χ1) is 13.2. The fourth-order valence-electron chi connectivity index (χ4n) is 5.03. The van der Waals surface area contributed by atoms with Crippen LogP contribution in [-0.2, 0) is 11.1 Å². The Morgan fingerprint density at radius 2 is 1.81 bits per heavy atom. The summed E-state index contributed by atoms with van der Waals surface area (Å²) < 4.78 is 1.82. The van der Waals surface area contributed by atoms with E-state index in [2.05, 4.69) is 33.9 Å². The van der Waals surface area contributed by atoms with Crippen molar-refractivity contribution in [1.29, 1.82) is 5.26 Å². The van der Waals surface area contributed by atoms with E-state index in [1.54, 1.807) is 0 Å². The molecule has 1 heterocycles. The second-order valence-electron chi connectivity index (χ2n) is 9.12. The maximum absolute atomic E-state index is 9.49. The van der Waals surface area contributed by atoms with Crippen molar-refractivity contribution in [3.63, 3.8) is 0 Å². The average molecular weight is 371 g/mol. The van der Waals surface area contributed by atoms with E-state index in [0.717, 1.165) is 25.2 Å². The van der Waals surface area contributed by atoms with E-state index in [1.165, 1.54) is 64.2 Å². The predicted octanol–water partition coefficient (Wildman–Crippen LogP) is 3.56. The van der Waals surface area contributed by atoms with Crippen molar-refractivity contribution in [2.75, 3.05) is 6.67 Å². The lowest BCUT2D eigenvalue weighted by atomic mass is 9.74. The summed E-state index contributed by atoms with van der Waals surface area (Å²) in [6, 6.07) is 3.07. The van der Waals surface area contributed by atoms with Gasteiger partial charge in [0.15, 0.2) is 5.54 Å². The lowest BCUT2D eigenvalue weighted by Crippen LogP contribution is -2.52. The molecule has 0 aromatic carbocycles. The van der Waals surface area contributed by atoms with Crippen LogP contribution in [0.25, 0.3) is 0 Å². The first kappa shape index (κ1) is 18.9. The molecule has 0 amide bonds. The summed E-state index contributed by atoms with van der Waals surface area (Å²) in [7, 11) is 0. The zero-order valence-electron chi connectivity index (χ0n) is 16.7. The second kappa shape index (κ2) is 7.89. The van der Waals surface area contributed by atoms with E-state index < -0.39 is 5.54 Å². The molecule has 3 saturated carbocycles. The molecule has 6 heteroatoms. The molecule has 6 nitrogen and oxygen atoms in total. The fraction of sp³-hybridized carbons (Fsp3) is 0.857. The number of nitrogens with zero attached hydrogens (tertiary/aromatic N) is 4. The normalized spacial score (nSPS) is 25.6. The molecule has 3 aliphatic rings. The Bertz CT molecular complexity index is 660. The highest BCUT2D eigenvalue weighted by Gasteiger charge is 2.48. The van der Waals surface area contributed by atoms with Crippen LogP contribution in [0.4, 0.5) is 0 Å². The van der Waals surface area contributed by atoms with Gasteiger partial charge in [-0.1, -0.05) is 43.7 Å². The number of nitrogens with one attached hydrogen (secondary N) is 2. The van der Waals surface area contributed by atoms with Gasteiger partial charge in [0.25, 0.3) is 0 Å². The third-order valence-electron chi connectivity index (χ3n) is 7.27. The summed E-state index contributed by atoms with van der Waals surface area (Å²) in [4.78, 5) is 0. The molecule has 0 aliphatic heterocycles. The smallest absolute Gasteiger partial charge is 0.150 e. The van der Waals surface area contributed by atoms with Gasteiger partial charge in [-0.15, -0.1) is 5.10 Å². The minimum atomic E-state index is -0.431. The quantitative estimate of drug-likeness (QED) is 0.718. The first-order valence-corrected chi connectivity index (χ1v) is 11.0. The third-order valence-corrected chi connectivity index (χ3v) is 7.27. The lowest BCUT2D eigenvalue weighted by molar-refractivity contribution is 0.164. The van der Waals surface area contributed by atoms with Crippen molar-refractivity contribution in [1.82, 2.24) is 25.6 Å². The Morgan fingerprint density at radius 3 is 2.44 bits per heavy atom. The maximum atomic E-state index is 9.49. The highest BCUT2D eigenvalue weighted by Crippen LogP contribution is 2.43. The maximum Gasteiger partial charge on any atom is 0.150 e. The molecule has 27 heavy (non-hydrogen) atoms. The standard InChI is InChI=1S/C21H34N6/c1-20(17-8-4-2-5-9-17,24-16-23-18-10-6-3-7-11-18)19-14-27(26-25-19)21(15-22)12-13-21/h14,17-18,23-24H,2-13,16H2,1H3/t20-/m0/s1. The first-order valence-electron chi connectivity index (χ1n) is 11.0. The Morgan fingerprint density at radius 1 is 1.15 bits per heavy atom. The van der Waals surface area contributed by atoms with Crippen molar-refractivity contribution >= 4 is 0 Å². The van der Waals surface area contributed by atoms with Gasteiger partial charge in [0.2, 0.25) is 0 Å². The van der Waals surface area contributed by atoms with E-state index in [0.29, 0.717) is 12.0 Å². The van der Waals surface area contributed by atoms with E-state index in [4.69, 9.17) is 0 Å². The Labute approximate surface area is 163 Å². The highest BCUT2D eigenvalue weighted by molar-refractivity contribution is 5.19. The van der Waals surface area contributed by atoms with Gasteiger partial charge in [-0.2, -0.15) is 5.26 Å². The van der Waals surface area contributed by atoms with Crippen molar-refractivity contribution in [3.05, 3.63) is 11.9 Å². The Kier molecular flexibility index (Phi) is 5.52. The summed E-state index contributed by atoms with van der Waals surface area (Å²) in [5.74, 6) is 0.571. The summed E-state index contributed by atoms with van der Waals surface area (Å²) in [5, 5.41) is 26.0. The monoisotopic (exact) mass is 370 g/mol. The molecule has 1 aromatic rings. The van der Waals surface area contributed by atoms with Crippen LogP contribution in [0.3, 0.4) is 0 Å². The molecular weight excluding hydrogens is 336 g/mol. The number of hydrogen-bond acceptors (Lipinski definition) is 5. The lowest BCUT2D eigenvalue weighted by Gasteiger charge is -2.40. The Hall–Kier alpha value is -1.45. The van der Waals surface area contributed by atoms with E-state index in [1.807, 2.05) is 10.9 Å². The van der Waals surface area contributed by atoms with Crippen molar-refractivity contribution < 1.29 is 0 Å². The highest BCUT2D eigenvalue weighted by atomic mass is 15.5. The van der Waals surface area contributed by atoms with Crippen molar-refractivity contribution in [2.45, 2.75) is 101 Å². The zero-order valence-corrected chi connectivity index (χ0v) is 16.7. The third kappa shape index (κ3) is 3.90. The molecular formula is C21H34N6. The second-order valence-corrected chi connectivity index (χ2v) is 9.12. The van der Waals surface area contributed by atoms with Crippen molar-refractivity contribution in [2.24, 2.45) is 5.92 Å². The number of nitriles is 1. The zero-order chi connectivity index (χ0) is 18.7. The average Bonchev–Trinajstić information content (AvgIpc) is 3.36. The largest absolute Gasteiger partial charge is 0.302 e. The van der Waals surface area contributed by atoms with Gasteiger partial charge in [-0.3, -0.25) is 5.32 Å². The molecule has 1 atom stereocenters. The molecule has 0 bridgehead atoms. The van der Waals surface area contributed by atoms with Gasteiger partial charge in [-0.25, -0.2) is 4.68 Å². The molecule has 2 N–H and O–H groups in total. The van der Waals surface area contributed by atoms with Crippen LogP contribution in [0.1, 0.15) is 89.7 Å². The van der Waals surface area contributed by atoms with Crippen molar-refractivity contribution in [3.8, 4) is 6.07 Å². The van der Waals surface area contributed by atoms with Crippen LogP contribution in [0.15, 0.2) is 6.20 Å². The van der Waals surface area contributed by atoms with Gasteiger partial charge < -0.3 is 5.32 Å². The fourth-order valence-corrected chi connectivity index (χ4v) is 5.03. The van der Waals surface area contributed by atoms with Gasteiger partial charge >= 0.3 is 0 Å². The molecule has 148 valence electrons. The number of aromatic nitrogens is 3. The van der Waals surface area contributed by atoms with Crippen LogP contribution in [0.2, 0.25) is 0 Å². The summed E-state index contributed by atoms with van der Waals surface area (Å²) in [6.45, 7) is 3.11. The predicted molar refractivity (Wildman–Crippen MR) is 105 cm³/mol. The molecule has 3 fully saturated rings. The molecule has 3 aliphatic carbocycles. The topological polar surface area (TPSA) is 78.6 Å². The molecule has 1 aromatic heterocycles. The van der Waals surface area contributed by atoms with Crippen LogP contribution in [-0.4, -0.2) is 27.7 Å². The van der Waals surface area contributed by atoms with E-state index in [9.17, 15) is 5.26 Å². The molecule has 0 unspecified atom stereocenters. The molecule has 0 spiro atoms. The van der Waals surface area contributed by atoms with Crippen LogP contribution < -0.4 is 10.6 Å². The van der Waals surface area contributed by atoms with Crippen LogP contribution in [0, 0.1) is 17.2 Å². The minimum absolute atomic E-state index is 0.189. The number of hydrogen-bond donors (Lipinski definition) is 2. The summed E-state index contributed by atoms with van der Waals surface area (Å²) in [6.07, 6.45) is 16.9. The van der Waals surface area contributed by atoms with Gasteiger partial charge in [0.1, 0.15) is 5.69 Å². The molecule has 0 radical (unpaired) electrons. The Balaban J connectivity index is 1.48. The van der Waals surface area contributed by atoms with Crippen LogP contribution in [0.5, 0.6) is 0 Å². The summed E-state index contributed by atoms with van der Waals surface area (Å²) >= 11 is 0. The van der Waals surface area contributed by atoms with E-state index in [-0.39, 0.29) is 5.54 Å². The van der Waals surface area contributed by atoms with Gasteiger partial charge in [0, 0.05) is 12.7 Å². The number of rotatable bonds is 7. The molecule has 0 saturated heterocycles.